The molecule has 3 heterocycles. The van der Waals surface area contributed by atoms with E-state index >= 15 is 0 Å². The summed E-state index contributed by atoms with van der Waals surface area (Å²) < 4.78 is 1.62. The van der Waals surface area contributed by atoms with E-state index in [1.807, 2.05) is 0 Å². The Hall–Kier alpha value is -3.70. The van der Waals surface area contributed by atoms with E-state index in [1.54, 1.807) is 16.8 Å². The van der Waals surface area contributed by atoms with Crippen molar-refractivity contribution in [2.75, 3.05) is 10.6 Å². The Kier molecular flexibility index (Phi) is 5.50. The summed E-state index contributed by atoms with van der Waals surface area (Å²) in [6.07, 6.45) is 12.0. The van der Waals surface area contributed by atoms with Gasteiger partial charge in [-0.3, -0.25) is 14.9 Å². The zero-order valence-electron chi connectivity index (χ0n) is 19.3. The minimum Gasteiger partial charge on any atom is -0.353 e. The average Bonchev–Trinajstić information content (AvgIpc) is 3.74. The van der Waals surface area contributed by atoms with Gasteiger partial charge < -0.3 is 21.3 Å². The Morgan fingerprint density at radius 2 is 1.69 bits per heavy atom. The first-order valence-electron chi connectivity index (χ1n) is 12.4. The van der Waals surface area contributed by atoms with Crippen LogP contribution < -0.4 is 26.6 Å². The summed E-state index contributed by atoms with van der Waals surface area (Å²) in [6.45, 7) is 0. The number of fused-ring (bicyclic) bond motifs is 1. The Balaban J connectivity index is 1.17. The number of rotatable bonds is 8. The second kappa shape index (κ2) is 8.82. The maximum Gasteiger partial charge on any atom is 0.326 e. The minimum absolute atomic E-state index is 0.150. The number of imide groups is 1. The molecule has 3 aliphatic carbocycles. The Morgan fingerprint density at radius 1 is 0.971 bits per heavy atom. The van der Waals surface area contributed by atoms with Gasteiger partial charge in [0.25, 0.3) is 5.91 Å². The molecule has 12 heteroatoms. The van der Waals surface area contributed by atoms with E-state index in [0.29, 0.717) is 41.5 Å². The number of carbonyl (C=O) groups excluding carboxylic acids is 3. The summed E-state index contributed by atoms with van der Waals surface area (Å²) in [5.41, 5.74) is 1.29. The van der Waals surface area contributed by atoms with Crippen molar-refractivity contribution >= 4 is 41.5 Å². The van der Waals surface area contributed by atoms with Crippen LogP contribution in [0, 0.1) is 5.92 Å². The van der Waals surface area contributed by atoms with Crippen molar-refractivity contribution in [3.05, 3.63) is 17.5 Å². The zero-order valence-corrected chi connectivity index (χ0v) is 19.3. The molecule has 2 aromatic heterocycles. The summed E-state index contributed by atoms with van der Waals surface area (Å²) in [4.78, 5) is 45.0. The summed E-state index contributed by atoms with van der Waals surface area (Å²) in [5, 5.41) is 19.2. The van der Waals surface area contributed by atoms with Gasteiger partial charge in [-0.15, -0.1) is 0 Å². The third-order valence-corrected chi connectivity index (χ3v) is 6.92. The summed E-state index contributed by atoms with van der Waals surface area (Å²) in [5.74, 6) is 1.37. The SMILES string of the molecule is O=C1NC(=O)/C(=C/c2cnn3c(NC4CC4)nc(N[C@H]4CC[C@H](NC(=O)CC5CC5)CC4)nc23)N1. The van der Waals surface area contributed by atoms with E-state index < -0.39 is 11.9 Å². The number of aromatic nitrogens is 4. The minimum atomic E-state index is -0.551. The first kappa shape index (κ1) is 21.8. The van der Waals surface area contributed by atoms with Crippen LogP contribution in [0.15, 0.2) is 11.9 Å². The maximum absolute atomic E-state index is 12.1. The van der Waals surface area contributed by atoms with E-state index in [1.165, 1.54) is 12.8 Å². The molecule has 4 amide bonds. The van der Waals surface area contributed by atoms with Crippen LogP contribution in [-0.2, 0) is 9.59 Å². The van der Waals surface area contributed by atoms with Crippen molar-refractivity contribution in [2.45, 2.75) is 75.9 Å². The summed E-state index contributed by atoms with van der Waals surface area (Å²) in [6, 6.07) is 0.245. The van der Waals surface area contributed by atoms with E-state index in [0.717, 1.165) is 38.5 Å². The van der Waals surface area contributed by atoms with Crippen molar-refractivity contribution in [2.24, 2.45) is 5.92 Å². The molecule has 0 spiro atoms. The standard InChI is InChI=1S/C23H29N9O3/c33-18(9-12-1-2-12)25-14-3-5-15(6-4-14)26-21-29-19-13(10-17-20(34)30-23(35)28-17)11-24-32(19)22(31-21)27-16-7-8-16/h10-12,14-16H,1-9H2,(H,25,33)(H2,26,27,29,31)(H2,28,30,34,35)/b17-10-/t14-,15-. The van der Waals surface area contributed by atoms with Crippen molar-refractivity contribution < 1.29 is 14.4 Å². The van der Waals surface area contributed by atoms with Gasteiger partial charge in [0, 0.05) is 30.1 Å². The number of amides is 4. The zero-order chi connectivity index (χ0) is 23.9. The van der Waals surface area contributed by atoms with Crippen molar-refractivity contribution in [3.8, 4) is 0 Å². The molecule has 35 heavy (non-hydrogen) atoms. The van der Waals surface area contributed by atoms with Crippen LogP contribution in [-0.4, -0.2) is 55.6 Å². The molecule has 184 valence electrons. The fraction of sp³-hybridized carbons (Fsp3) is 0.565. The molecule has 2 aromatic rings. The van der Waals surface area contributed by atoms with Crippen LogP contribution in [0.4, 0.5) is 16.7 Å². The van der Waals surface area contributed by atoms with Crippen molar-refractivity contribution in [3.63, 3.8) is 0 Å². The molecule has 0 bridgehead atoms. The van der Waals surface area contributed by atoms with Crippen LogP contribution in [0.1, 0.15) is 63.4 Å². The number of urea groups is 1. The van der Waals surface area contributed by atoms with Gasteiger partial charge >= 0.3 is 6.03 Å². The van der Waals surface area contributed by atoms with Gasteiger partial charge in [0.2, 0.25) is 17.8 Å². The van der Waals surface area contributed by atoms with Crippen LogP contribution in [0.3, 0.4) is 0 Å². The van der Waals surface area contributed by atoms with Gasteiger partial charge in [0.05, 0.1) is 6.20 Å². The topological polar surface area (TPSA) is 154 Å². The molecular weight excluding hydrogens is 450 g/mol. The molecule has 1 aliphatic heterocycles. The molecule has 0 aromatic carbocycles. The first-order chi connectivity index (χ1) is 17.0. The smallest absolute Gasteiger partial charge is 0.326 e. The highest BCUT2D eigenvalue weighted by Crippen LogP contribution is 2.32. The molecule has 6 rings (SSSR count). The molecule has 1 saturated heterocycles. The lowest BCUT2D eigenvalue weighted by molar-refractivity contribution is -0.122. The largest absolute Gasteiger partial charge is 0.353 e. The molecule has 0 radical (unpaired) electrons. The number of nitrogens with zero attached hydrogens (tertiary/aromatic N) is 4. The fourth-order valence-electron chi connectivity index (χ4n) is 4.64. The molecule has 0 unspecified atom stereocenters. The highest BCUT2D eigenvalue weighted by atomic mass is 16.2. The van der Waals surface area contributed by atoms with Gasteiger partial charge in [-0.05, 0) is 63.4 Å². The lowest BCUT2D eigenvalue weighted by Gasteiger charge is -2.29. The normalized spacial score (nSPS) is 25.4. The molecule has 3 saturated carbocycles. The Morgan fingerprint density at radius 3 is 2.37 bits per heavy atom. The van der Waals surface area contributed by atoms with E-state index in [9.17, 15) is 14.4 Å². The van der Waals surface area contributed by atoms with E-state index in [-0.39, 0.29) is 23.7 Å². The highest BCUT2D eigenvalue weighted by Gasteiger charge is 2.29. The predicted octanol–water partition coefficient (Wildman–Crippen LogP) is 1.52. The van der Waals surface area contributed by atoms with Crippen LogP contribution in [0.2, 0.25) is 0 Å². The molecular formula is C23H29N9O3. The number of nitrogens with one attached hydrogen (secondary N) is 5. The Labute approximate surface area is 201 Å². The summed E-state index contributed by atoms with van der Waals surface area (Å²) in [7, 11) is 0. The van der Waals surface area contributed by atoms with Gasteiger partial charge in [0.15, 0.2) is 5.65 Å². The highest BCUT2D eigenvalue weighted by molar-refractivity contribution is 6.14. The third-order valence-electron chi connectivity index (χ3n) is 6.92. The predicted molar refractivity (Wildman–Crippen MR) is 127 cm³/mol. The lowest BCUT2D eigenvalue weighted by atomic mass is 9.91. The summed E-state index contributed by atoms with van der Waals surface area (Å²) >= 11 is 0. The van der Waals surface area contributed by atoms with Crippen LogP contribution in [0.25, 0.3) is 11.7 Å². The third kappa shape index (κ3) is 5.05. The molecule has 5 N–H and O–H groups in total. The van der Waals surface area contributed by atoms with Gasteiger partial charge in [-0.25, -0.2) is 4.79 Å². The Bertz CT molecular complexity index is 1210. The van der Waals surface area contributed by atoms with Gasteiger partial charge in [-0.1, -0.05) is 0 Å². The van der Waals surface area contributed by atoms with Crippen LogP contribution in [0.5, 0.6) is 0 Å². The van der Waals surface area contributed by atoms with E-state index in [4.69, 9.17) is 4.98 Å². The molecule has 4 aliphatic rings. The average molecular weight is 480 g/mol. The molecule has 12 nitrogen and oxygen atoms in total. The molecule has 4 fully saturated rings. The first-order valence-corrected chi connectivity index (χ1v) is 12.4. The lowest BCUT2D eigenvalue weighted by Crippen LogP contribution is -2.40. The second-order valence-electron chi connectivity index (χ2n) is 10.00. The van der Waals surface area contributed by atoms with Crippen molar-refractivity contribution in [1.29, 1.82) is 0 Å². The number of hydrogen-bond donors (Lipinski definition) is 5. The van der Waals surface area contributed by atoms with Crippen molar-refractivity contribution in [1.82, 2.24) is 35.5 Å². The second-order valence-corrected chi connectivity index (χ2v) is 10.00. The van der Waals surface area contributed by atoms with Crippen LogP contribution >= 0.6 is 0 Å². The quantitative estimate of drug-likeness (QED) is 0.282. The fourth-order valence-corrected chi connectivity index (χ4v) is 4.64. The van der Waals surface area contributed by atoms with Gasteiger partial charge in [0.1, 0.15) is 5.70 Å². The van der Waals surface area contributed by atoms with E-state index in [2.05, 4.69) is 36.7 Å². The number of anilines is 2. The number of hydrogen-bond acceptors (Lipinski definition) is 8. The number of carbonyl (C=O) groups is 3. The molecule has 0 atom stereocenters. The van der Waals surface area contributed by atoms with Gasteiger partial charge in [-0.2, -0.15) is 19.6 Å². The monoisotopic (exact) mass is 479 g/mol. The maximum atomic E-state index is 12.1.